The van der Waals surface area contributed by atoms with E-state index in [0.29, 0.717) is 13.0 Å². The van der Waals surface area contributed by atoms with Gasteiger partial charge in [-0.2, -0.15) is 0 Å². The Morgan fingerprint density at radius 1 is 1.16 bits per heavy atom. The van der Waals surface area contributed by atoms with Crippen LogP contribution in [0.5, 0.6) is 0 Å². The fraction of sp³-hybridized carbons (Fsp3) is 0.571. The molecule has 0 saturated heterocycles. The van der Waals surface area contributed by atoms with Crippen molar-refractivity contribution in [2.45, 2.75) is 44.9 Å². The van der Waals surface area contributed by atoms with Crippen molar-refractivity contribution in [3.05, 3.63) is 22.4 Å². The van der Waals surface area contributed by atoms with Crippen LogP contribution in [0.2, 0.25) is 0 Å². The van der Waals surface area contributed by atoms with Gasteiger partial charge in [-0.25, -0.2) is 0 Å². The monoisotopic (exact) mass is 283 g/mol. The number of rotatable bonds is 10. The number of carboxylic acid groups (broad SMARTS) is 1. The molecule has 0 spiro atoms. The van der Waals surface area contributed by atoms with E-state index in [1.807, 2.05) is 17.5 Å². The lowest BCUT2D eigenvalue weighted by atomic mass is 10.1. The Bertz CT molecular complexity index is 376. The van der Waals surface area contributed by atoms with Gasteiger partial charge in [-0.15, -0.1) is 11.3 Å². The van der Waals surface area contributed by atoms with Crippen molar-refractivity contribution in [3.63, 3.8) is 0 Å². The molecule has 1 amide bonds. The van der Waals surface area contributed by atoms with Gasteiger partial charge >= 0.3 is 5.97 Å². The van der Waals surface area contributed by atoms with E-state index in [4.69, 9.17) is 5.11 Å². The number of carbonyl (C=O) groups excluding carboxylic acids is 1. The molecule has 0 aliphatic rings. The van der Waals surface area contributed by atoms with Gasteiger partial charge in [-0.1, -0.05) is 25.3 Å². The minimum atomic E-state index is -0.721. The van der Waals surface area contributed by atoms with Gasteiger partial charge in [0.25, 0.3) is 0 Å². The van der Waals surface area contributed by atoms with Gasteiger partial charge in [-0.3, -0.25) is 9.59 Å². The van der Waals surface area contributed by atoms with Gasteiger partial charge in [0, 0.05) is 17.8 Å². The molecule has 0 atom stereocenters. The zero-order chi connectivity index (χ0) is 13.9. The number of nitrogens with one attached hydrogen (secondary N) is 1. The molecule has 0 aliphatic heterocycles. The molecule has 2 N–H and O–H groups in total. The van der Waals surface area contributed by atoms with E-state index >= 15 is 0 Å². The van der Waals surface area contributed by atoms with Crippen LogP contribution >= 0.6 is 11.3 Å². The third-order valence-corrected chi connectivity index (χ3v) is 3.68. The molecule has 4 nitrogen and oxygen atoms in total. The van der Waals surface area contributed by atoms with Crippen molar-refractivity contribution in [1.82, 2.24) is 5.32 Å². The Morgan fingerprint density at radius 2 is 1.89 bits per heavy atom. The van der Waals surface area contributed by atoms with Gasteiger partial charge in [0.2, 0.25) is 5.91 Å². The highest BCUT2D eigenvalue weighted by molar-refractivity contribution is 7.10. The van der Waals surface area contributed by atoms with E-state index in [-0.39, 0.29) is 12.3 Å². The standard InChI is InChI=1S/C14H21NO3S/c16-13(11-12-7-6-10-19-12)15-9-5-3-1-2-4-8-14(17)18/h6-7,10H,1-5,8-9,11H2,(H,15,16)(H,17,18). The number of aliphatic carboxylic acids is 1. The summed E-state index contributed by atoms with van der Waals surface area (Å²) in [6.07, 6.45) is 5.47. The van der Waals surface area contributed by atoms with Gasteiger partial charge in [0.1, 0.15) is 0 Å². The topological polar surface area (TPSA) is 66.4 Å². The van der Waals surface area contributed by atoms with Crippen LogP contribution in [0.15, 0.2) is 17.5 Å². The molecule has 5 heteroatoms. The van der Waals surface area contributed by atoms with Crippen molar-refractivity contribution in [2.24, 2.45) is 0 Å². The second kappa shape index (κ2) is 9.55. The molecule has 0 aliphatic carbocycles. The first kappa shape index (κ1) is 15.7. The van der Waals surface area contributed by atoms with E-state index in [0.717, 1.165) is 37.0 Å². The summed E-state index contributed by atoms with van der Waals surface area (Å²) in [7, 11) is 0. The van der Waals surface area contributed by atoms with Gasteiger partial charge in [0.05, 0.1) is 6.42 Å². The van der Waals surface area contributed by atoms with E-state index < -0.39 is 5.97 Å². The van der Waals surface area contributed by atoms with E-state index in [9.17, 15) is 9.59 Å². The van der Waals surface area contributed by atoms with E-state index in [2.05, 4.69) is 5.32 Å². The summed E-state index contributed by atoms with van der Waals surface area (Å²) >= 11 is 1.60. The normalized spacial score (nSPS) is 10.3. The molecule has 0 saturated carbocycles. The fourth-order valence-electron chi connectivity index (χ4n) is 1.79. The first-order valence-electron chi connectivity index (χ1n) is 6.69. The summed E-state index contributed by atoms with van der Waals surface area (Å²) < 4.78 is 0. The third kappa shape index (κ3) is 8.37. The molecule has 1 rings (SSSR count). The molecular formula is C14H21NO3S. The molecule has 19 heavy (non-hydrogen) atoms. The molecular weight excluding hydrogens is 262 g/mol. The second-order valence-electron chi connectivity index (χ2n) is 4.52. The Morgan fingerprint density at radius 3 is 2.58 bits per heavy atom. The lowest BCUT2D eigenvalue weighted by molar-refractivity contribution is -0.137. The average molecular weight is 283 g/mol. The fourth-order valence-corrected chi connectivity index (χ4v) is 2.50. The van der Waals surface area contributed by atoms with Crippen LogP contribution in [0.1, 0.15) is 43.4 Å². The van der Waals surface area contributed by atoms with Gasteiger partial charge in [0.15, 0.2) is 0 Å². The smallest absolute Gasteiger partial charge is 0.303 e. The molecule has 0 aromatic carbocycles. The summed E-state index contributed by atoms with van der Waals surface area (Å²) in [4.78, 5) is 22.9. The Hall–Kier alpha value is -1.36. The number of hydrogen-bond donors (Lipinski definition) is 2. The minimum Gasteiger partial charge on any atom is -0.481 e. The lowest BCUT2D eigenvalue weighted by Crippen LogP contribution is -2.25. The third-order valence-electron chi connectivity index (χ3n) is 2.80. The molecule has 0 fully saturated rings. The summed E-state index contributed by atoms with van der Waals surface area (Å²) in [5.74, 6) is -0.644. The molecule has 106 valence electrons. The van der Waals surface area contributed by atoms with E-state index in [1.54, 1.807) is 11.3 Å². The van der Waals surface area contributed by atoms with Crippen LogP contribution in [0, 0.1) is 0 Å². The first-order valence-corrected chi connectivity index (χ1v) is 7.57. The largest absolute Gasteiger partial charge is 0.481 e. The maximum absolute atomic E-state index is 11.6. The van der Waals surface area contributed by atoms with Crippen molar-refractivity contribution in [3.8, 4) is 0 Å². The summed E-state index contributed by atoms with van der Waals surface area (Å²) in [6.45, 7) is 0.711. The molecule has 0 bridgehead atoms. The lowest BCUT2D eigenvalue weighted by Gasteiger charge is -2.04. The maximum atomic E-state index is 11.6. The number of carbonyl (C=O) groups is 2. The predicted octanol–water partition coefficient (Wildman–Crippen LogP) is 2.83. The Balaban J connectivity index is 1.90. The van der Waals surface area contributed by atoms with Crippen molar-refractivity contribution < 1.29 is 14.7 Å². The highest BCUT2D eigenvalue weighted by Crippen LogP contribution is 2.09. The second-order valence-corrected chi connectivity index (χ2v) is 5.55. The summed E-state index contributed by atoms with van der Waals surface area (Å²) in [6, 6.07) is 3.91. The number of hydrogen-bond acceptors (Lipinski definition) is 3. The first-order chi connectivity index (χ1) is 9.18. The van der Waals surface area contributed by atoms with Crippen LogP contribution in [-0.2, 0) is 16.0 Å². The average Bonchev–Trinajstić information content (AvgIpc) is 2.85. The SMILES string of the molecule is O=C(O)CCCCCCCNC(=O)Cc1cccs1. The Labute approximate surface area is 117 Å². The van der Waals surface area contributed by atoms with Crippen LogP contribution in [0.3, 0.4) is 0 Å². The zero-order valence-electron chi connectivity index (χ0n) is 11.1. The van der Waals surface area contributed by atoms with Crippen molar-refractivity contribution in [2.75, 3.05) is 6.54 Å². The number of thiophene rings is 1. The van der Waals surface area contributed by atoms with Crippen LogP contribution in [-0.4, -0.2) is 23.5 Å². The summed E-state index contributed by atoms with van der Waals surface area (Å²) in [5.41, 5.74) is 0. The highest BCUT2D eigenvalue weighted by Gasteiger charge is 2.03. The van der Waals surface area contributed by atoms with Crippen molar-refractivity contribution in [1.29, 1.82) is 0 Å². The number of unbranched alkanes of at least 4 members (excludes halogenated alkanes) is 4. The van der Waals surface area contributed by atoms with Crippen molar-refractivity contribution >= 4 is 23.2 Å². The van der Waals surface area contributed by atoms with Crippen LogP contribution in [0.4, 0.5) is 0 Å². The molecule has 1 aromatic heterocycles. The maximum Gasteiger partial charge on any atom is 0.303 e. The molecule has 0 radical (unpaired) electrons. The minimum absolute atomic E-state index is 0.0772. The summed E-state index contributed by atoms with van der Waals surface area (Å²) in [5, 5.41) is 13.3. The molecule has 1 heterocycles. The highest BCUT2D eigenvalue weighted by atomic mass is 32.1. The Kier molecular flexibility index (Phi) is 7.89. The molecule has 1 aromatic rings. The van der Waals surface area contributed by atoms with E-state index in [1.165, 1.54) is 0 Å². The van der Waals surface area contributed by atoms with Crippen LogP contribution in [0.25, 0.3) is 0 Å². The molecule has 0 unspecified atom stereocenters. The number of amides is 1. The quantitative estimate of drug-likeness (QED) is 0.649. The predicted molar refractivity (Wildman–Crippen MR) is 76.4 cm³/mol. The van der Waals surface area contributed by atoms with Crippen LogP contribution < -0.4 is 5.32 Å². The zero-order valence-corrected chi connectivity index (χ0v) is 11.9. The van der Waals surface area contributed by atoms with Gasteiger partial charge in [-0.05, 0) is 24.3 Å². The van der Waals surface area contributed by atoms with Gasteiger partial charge < -0.3 is 10.4 Å². The number of carboxylic acids is 1.